The summed E-state index contributed by atoms with van der Waals surface area (Å²) in [6.07, 6.45) is 2.32. The molecule has 0 saturated carbocycles. The summed E-state index contributed by atoms with van der Waals surface area (Å²) in [7, 11) is 1.46. The number of hydrogen-bond acceptors (Lipinski definition) is 3. The molecule has 2 rings (SSSR count). The van der Waals surface area contributed by atoms with E-state index in [9.17, 15) is 4.39 Å². The minimum atomic E-state index is -0.333. The molecule has 1 saturated heterocycles. The molecule has 0 atom stereocenters. The van der Waals surface area contributed by atoms with Crippen LogP contribution in [0, 0.1) is 5.82 Å². The van der Waals surface area contributed by atoms with E-state index in [-0.39, 0.29) is 17.1 Å². The van der Waals surface area contributed by atoms with E-state index in [0.717, 1.165) is 18.4 Å². The van der Waals surface area contributed by atoms with Gasteiger partial charge >= 0.3 is 0 Å². The number of rotatable bonds is 3. The molecule has 1 aromatic rings. The van der Waals surface area contributed by atoms with E-state index < -0.39 is 0 Å². The van der Waals surface area contributed by atoms with Crippen molar-refractivity contribution in [1.82, 2.24) is 0 Å². The van der Waals surface area contributed by atoms with Crippen molar-refractivity contribution in [1.29, 1.82) is 0 Å². The molecule has 17 heavy (non-hydrogen) atoms. The number of benzene rings is 1. The molecule has 4 heteroatoms. The topological polar surface area (TPSA) is 44.5 Å². The molecule has 3 nitrogen and oxygen atoms in total. The molecule has 94 valence electrons. The SMILES string of the molecule is COc1ccc(CC2(N)CCOCC2)cc1F. The molecule has 1 aliphatic rings. The van der Waals surface area contributed by atoms with Gasteiger partial charge in [0.15, 0.2) is 11.6 Å². The van der Waals surface area contributed by atoms with E-state index in [0.29, 0.717) is 19.6 Å². The van der Waals surface area contributed by atoms with Crippen LogP contribution < -0.4 is 10.5 Å². The highest BCUT2D eigenvalue weighted by molar-refractivity contribution is 5.30. The van der Waals surface area contributed by atoms with Crippen molar-refractivity contribution in [3.63, 3.8) is 0 Å². The molecule has 2 N–H and O–H groups in total. The van der Waals surface area contributed by atoms with Gasteiger partial charge in [-0.2, -0.15) is 0 Å². The number of hydrogen-bond donors (Lipinski definition) is 1. The van der Waals surface area contributed by atoms with Crippen LogP contribution in [0.2, 0.25) is 0 Å². The highest BCUT2D eigenvalue weighted by Gasteiger charge is 2.28. The maximum absolute atomic E-state index is 13.5. The van der Waals surface area contributed by atoms with Gasteiger partial charge in [0.25, 0.3) is 0 Å². The number of nitrogens with two attached hydrogens (primary N) is 1. The first kappa shape index (κ1) is 12.3. The van der Waals surface area contributed by atoms with Gasteiger partial charge in [-0.15, -0.1) is 0 Å². The van der Waals surface area contributed by atoms with Crippen LogP contribution in [0.3, 0.4) is 0 Å². The predicted octanol–water partition coefficient (Wildman–Crippen LogP) is 1.88. The molecular formula is C13H18FNO2. The monoisotopic (exact) mass is 239 g/mol. The lowest BCUT2D eigenvalue weighted by atomic mass is 9.85. The Labute approximate surface area is 101 Å². The van der Waals surface area contributed by atoms with Crippen molar-refractivity contribution in [2.75, 3.05) is 20.3 Å². The molecule has 1 aliphatic heterocycles. The minimum absolute atomic E-state index is 0.265. The fourth-order valence-electron chi connectivity index (χ4n) is 2.18. The standard InChI is InChI=1S/C13H18FNO2/c1-16-12-3-2-10(8-11(12)14)9-13(15)4-6-17-7-5-13/h2-3,8H,4-7,9,15H2,1H3. The molecule has 0 bridgehead atoms. The van der Waals surface area contributed by atoms with Crippen LogP contribution in [-0.2, 0) is 11.2 Å². The highest BCUT2D eigenvalue weighted by Crippen LogP contribution is 2.25. The van der Waals surface area contributed by atoms with Crippen LogP contribution in [0.15, 0.2) is 18.2 Å². The van der Waals surface area contributed by atoms with Gasteiger partial charge in [-0.25, -0.2) is 4.39 Å². The summed E-state index contributed by atoms with van der Waals surface area (Å²) < 4.78 is 23.7. The summed E-state index contributed by atoms with van der Waals surface area (Å²) in [5.74, 6) is -0.0625. The third kappa shape index (κ3) is 2.96. The Hall–Kier alpha value is -1.13. The second kappa shape index (κ2) is 5.02. The van der Waals surface area contributed by atoms with E-state index in [2.05, 4.69) is 0 Å². The summed E-state index contributed by atoms with van der Waals surface area (Å²) >= 11 is 0. The van der Waals surface area contributed by atoms with E-state index in [4.69, 9.17) is 15.2 Å². The maximum Gasteiger partial charge on any atom is 0.165 e. The lowest BCUT2D eigenvalue weighted by molar-refractivity contribution is 0.0533. The molecule has 1 aromatic carbocycles. The summed E-state index contributed by atoms with van der Waals surface area (Å²) in [5, 5.41) is 0. The number of halogens is 1. The second-order valence-electron chi connectivity index (χ2n) is 4.62. The Morgan fingerprint density at radius 1 is 1.41 bits per heavy atom. The molecule has 1 heterocycles. The van der Waals surface area contributed by atoms with Crippen molar-refractivity contribution in [3.8, 4) is 5.75 Å². The first-order valence-corrected chi connectivity index (χ1v) is 5.82. The van der Waals surface area contributed by atoms with Crippen LogP contribution in [0.4, 0.5) is 4.39 Å². The van der Waals surface area contributed by atoms with Gasteiger partial charge in [-0.3, -0.25) is 0 Å². The normalized spacial score (nSPS) is 19.0. The fraction of sp³-hybridized carbons (Fsp3) is 0.538. The molecule has 0 aliphatic carbocycles. The number of ether oxygens (including phenoxy) is 2. The van der Waals surface area contributed by atoms with Gasteiger partial charge in [0.05, 0.1) is 7.11 Å². The lowest BCUT2D eigenvalue weighted by Gasteiger charge is -2.33. The Balaban J connectivity index is 2.10. The zero-order valence-corrected chi connectivity index (χ0v) is 10.0. The van der Waals surface area contributed by atoms with Gasteiger partial charge < -0.3 is 15.2 Å². The first-order chi connectivity index (χ1) is 8.13. The Morgan fingerprint density at radius 2 is 2.12 bits per heavy atom. The molecular weight excluding hydrogens is 221 g/mol. The predicted molar refractivity (Wildman–Crippen MR) is 63.6 cm³/mol. The third-order valence-corrected chi connectivity index (χ3v) is 3.26. The largest absolute Gasteiger partial charge is 0.494 e. The van der Waals surface area contributed by atoms with Gasteiger partial charge in [-0.05, 0) is 37.0 Å². The zero-order chi connectivity index (χ0) is 12.3. The molecule has 0 spiro atoms. The van der Waals surface area contributed by atoms with E-state index >= 15 is 0 Å². The Kier molecular flexibility index (Phi) is 3.64. The highest BCUT2D eigenvalue weighted by atomic mass is 19.1. The zero-order valence-electron chi connectivity index (χ0n) is 10.0. The summed E-state index contributed by atoms with van der Waals surface area (Å²) in [6, 6.07) is 5.02. The van der Waals surface area contributed by atoms with Crippen LogP contribution >= 0.6 is 0 Å². The van der Waals surface area contributed by atoms with Crippen LogP contribution in [0.5, 0.6) is 5.75 Å². The molecule has 0 unspecified atom stereocenters. The van der Waals surface area contributed by atoms with Gasteiger partial charge in [0, 0.05) is 18.8 Å². The van der Waals surface area contributed by atoms with Crippen molar-refractivity contribution in [3.05, 3.63) is 29.6 Å². The number of methoxy groups -OCH3 is 1. The fourth-order valence-corrected chi connectivity index (χ4v) is 2.18. The third-order valence-electron chi connectivity index (χ3n) is 3.26. The van der Waals surface area contributed by atoms with Crippen molar-refractivity contribution in [2.24, 2.45) is 5.73 Å². The average Bonchev–Trinajstić information content (AvgIpc) is 2.29. The van der Waals surface area contributed by atoms with E-state index in [1.54, 1.807) is 6.07 Å². The van der Waals surface area contributed by atoms with Crippen LogP contribution in [-0.4, -0.2) is 25.9 Å². The summed E-state index contributed by atoms with van der Waals surface area (Å²) in [5.41, 5.74) is 6.92. The van der Waals surface area contributed by atoms with Crippen molar-refractivity contribution < 1.29 is 13.9 Å². The van der Waals surface area contributed by atoms with E-state index in [1.165, 1.54) is 13.2 Å². The lowest BCUT2D eigenvalue weighted by Crippen LogP contribution is -2.46. The van der Waals surface area contributed by atoms with Crippen LogP contribution in [0.1, 0.15) is 18.4 Å². The van der Waals surface area contributed by atoms with Gasteiger partial charge in [0.1, 0.15) is 0 Å². The molecule has 0 amide bonds. The van der Waals surface area contributed by atoms with Crippen molar-refractivity contribution in [2.45, 2.75) is 24.8 Å². The van der Waals surface area contributed by atoms with Gasteiger partial charge in [0.2, 0.25) is 0 Å². The maximum atomic E-state index is 13.5. The summed E-state index contributed by atoms with van der Waals surface area (Å²) in [6.45, 7) is 1.38. The molecule has 0 aromatic heterocycles. The molecule has 1 fully saturated rings. The summed E-state index contributed by atoms with van der Waals surface area (Å²) in [4.78, 5) is 0. The average molecular weight is 239 g/mol. The smallest absolute Gasteiger partial charge is 0.165 e. The minimum Gasteiger partial charge on any atom is -0.494 e. The first-order valence-electron chi connectivity index (χ1n) is 5.82. The van der Waals surface area contributed by atoms with Crippen LogP contribution in [0.25, 0.3) is 0 Å². The Morgan fingerprint density at radius 3 is 2.71 bits per heavy atom. The van der Waals surface area contributed by atoms with E-state index in [1.807, 2.05) is 6.07 Å². The Bertz CT molecular complexity index is 389. The van der Waals surface area contributed by atoms with Crippen molar-refractivity contribution >= 4 is 0 Å². The molecule has 0 radical (unpaired) electrons. The quantitative estimate of drug-likeness (QED) is 0.876. The van der Waals surface area contributed by atoms with Gasteiger partial charge in [-0.1, -0.05) is 6.07 Å². The second-order valence-corrected chi connectivity index (χ2v) is 4.62.